The van der Waals surface area contributed by atoms with E-state index in [2.05, 4.69) is 5.32 Å². The molecule has 29 heavy (non-hydrogen) atoms. The van der Waals surface area contributed by atoms with E-state index in [0.29, 0.717) is 33.8 Å². The number of carbonyl (C=O) groups excluding carboxylic acids is 1. The zero-order chi connectivity index (χ0) is 21.2. The van der Waals surface area contributed by atoms with Gasteiger partial charge in [0.1, 0.15) is 4.90 Å². The molecule has 1 N–H and O–H groups in total. The quantitative estimate of drug-likeness (QED) is 0.671. The molecule has 1 saturated heterocycles. The van der Waals surface area contributed by atoms with E-state index >= 15 is 0 Å². The van der Waals surface area contributed by atoms with Crippen molar-refractivity contribution in [1.82, 2.24) is 9.21 Å². The van der Waals surface area contributed by atoms with Crippen LogP contribution in [0.25, 0.3) is 0 Å². The first-order chi connectivity index (χ1) is 13.7. The Balaban J connectivity index is 1.58. The summed E-state index contributed by atoms with van der Waals surface area (Å²) in [7, 11) is -3.76. The van der Waals surface area contributed by atoms with Crippen LogP contribution in [0.3, 0.4) is 0 Å². The van der Waals surface area contributed by atoms with Crippen LogP contribution in [-0.2, 0) is 14.8 Å². The number of sulfonamides is 1. The fourth-order valence-electron chi connectivity index (χ4n) is 2.92. The van der Waals surface area contributed by atoms with E-state index in [1.54, 1.807) is 18.2 Å². The van der Waals surface area contributed by atoms with Crippen molar-refractivity contribution in [2.75, 3.05) is 38.0 Å². The number of benzene rings is 2. The maximum Gasteiger partial charge on any atom is 0.244 e. The summed E-state index contributed by atoms with van der Waals surface area (Å²) in [6.45, 7) is 1.43. The summed E-state index contributed by atoms with van der Waals surface area (Å²) in [4.78, 5) is 14.1. The standard InChI is InChI=1S/C18H17Cl4N3O3S/c19-12-1-3-15(21)17(9-12)29(27,28)25-7-5-24(6-8-25)11-18(26)23-13-2-4-14(20)16(22)10-13/h1-4,9-10H,5-8,11H2,(H,23,26). The van der Waals surface area contributed by atoms with Crippen LogP contribution < -0.4 is 5.32 Å². The van der Waals surface area contributed by atoms with Crippen molar-refractivity contribution in [3.8, 4) is 0 Å². The summed E-state index contributed by atoms with van der Waals surface area (Å²) >= 11 is 23.8. The van der Waals surface area contributed by atoms with Gasteiger partial charge in [-0.05, 0) is 36.4 Å². The van der Waals surface area contributed by atoms with Gasteiger partial charge in [0.15, 0.2) is 0 Å². The number of anilines is 1. The van der Waals surface area contributed by atoms with Gasteiger partial charge in [0.25, 0.3) is 0 Å². The monoisotopic (exact) mass is 495 g/mol. The number of piperazine rings is 1. The maximum absolute atomic E-state index is 12.9. The normalized spacial score (nSPS) is 16.0. The van der Waals surface area contributed by atoms with Crippen LogP contribution in [-0.4, -0.2) is 56.3 Å². The van der Waals surface area contributed by atoms with Crippen molar-refractivity contribution in [2.45, 2.75) is 4.90 Å². The van der Waals surface area contributed by atoms with E-state index in [4.69, 9.17) is 46.4 Å². The lowest BCUT2D eigenvalue weighted by Gasteiger charge is -2.33. The van der Waals surface area contributed by atoms with E-state index in [1.807, 2.05) is 4.90 Å². The third-order valence-corrected chi connectivity index (χ3v) is 7.77. The van der Waals surface area contributed by atoms with E-state index in [-0.39, 0.29) is 35.5 Å². The summed E-state index contributed by atoms with van der Waals surface area (Å²) < 4.78 is 27.0. The highest BCUT2D eigenvalue weighted by atomic mass is 35.5. The molecule has 0 bridgehead atoms. The molecule has 0 aromatic heterocycles. The van der Waals surface area contributed by atoms with Crippen molar-refractivity contribution in [2.24, 2.45) is 0 Å². The van der Waals surface area contributed by atoms with Gasteiger partial charge in [-0.15, -0.1) is 0 Å². The average Bonchev–Trinajstić information content (AvgIpc) is 2.67. The Bertz CT molecular complexity index is 1030. The first-order valence-corrected chi connectivity index (χ1v) is 11.5. The summed E-state index contributed by atoms with van der Waals surface area (Å²) in [6, 6.07) is 9.17. The second kappa shape index (κ2) is 9.39. The molecule has 0 unspecified atom stereocenters. The van der Waals surface area contributed by atoms with E-state index in [1.165, 1.54) is 22.5 Å². The molecule has 0 atom stereocenters. The van der Waals surface area contributed by atoms with Gasteiger partial charge in [0.2, 0.25) is 15.9 Å². The Hall–Kier alpha value is -1.06. The predicted molar refractivity (Wildman–Crippen MR) is 117 cm³/mol. The fourth-order valence-corrected chi connectivity index (χ4v) is 5.38. The summed E-state index contributed by atoms with van der Waals surface area (Å²) in [5.74, 6) is -0.224. The minimum Gasteiger partial charge on any atom is -0.325 e. The topological polar surface area (TPSA) is 69.7 Å². The highest BCUT2D eigenvalue weighted by Crippen LogP contribution is 2.28. The number of nitrogens with one attached hydrogen (secondary N) is 1. The lowest BCUT2D eigenvalue weighted by atomic mass is 10.3. The Kier molecular flexibility index (Phi) is 7.32. The van der Waals surface area contributed by atoms with E-state index in [0.717, 1.165) is 0 Å². The number of amides is 1. The maximum atomic E-state index is 12.9. The highest BCUT2D eigenvalue weighted by Gasteiger charge is 2.30. The zero-order valence-corrected chi connectivity index (χ0v) is 18.9. The summed E-state index contributed by atoms with van der Waals surface area (Å²) in [5, 5.41) is 3.92. The van der Waals surface area contributed by atoms with Crippen LogP contribution in [0.15, 0.2) is 41.3 Å². The molecule has 1 aliphatic heterocycles. The zero-order valence-electron chi connectivity index (χ0n) is 15.0. The minimum absolute atomic E-state index is 0.0162. The molecule has 1 aliphatic rings. The van der Waals surface area contributed by atoms with Crippen LogP contribution in [0.4, 0.5) is 5.69 Å². The second-order valence-electron chi connectivity index (χ2n) is 6.43. The molecule has 0 aliphatic carbocycles. The SMILES string of the molecule is O=C(CN1CCN(S(=O)(=O)c2cc(Cl)ccc2Cl)CC1)Nc1ccc(Cl)c(Cl)c1. The average molecular weight is 497 g/mol. The van der Waals surface area contributed by atoms with Crippen molar-refractivity contribution >= 4 is 68.0 Å². The number of halogens is 4. The molecular weight excluding hydrogens is 480 g/mol. The molecule has 6 nitrogen and oxygen atoms in total. The Labute approximate surface area is 189 Å². The van der Waals surface area contributed by atoms with Crippen LogP contribution in [0.1, 0.15) is 0 Å². The van der Waals surface area contributed by atoms with Gasteiger partial charge in [0, 0.05) is 36.9 Å². The van der Waals surface area contributed by atoms with Gasteiger partial charge in [0.05, 0.1) is 21.6 Å². The van der Waals surface area contributed by atoms with Crippen LogP contribution in [0.5, 0.6) is 0 Å². The third-order valence-electron chi connectivity index (χ3n) is 4.41. The van der Waals surface area contributed by atoms with Gasteiger partial charge in [-0.25, -0.2) is 8.42 Å². The molecule has 11 heteroatoms. The molecule has 1 heterocycles. The minimum atomic E-state index is -3.76. The molecule has 0 spiro atoms. The predicted octanol–water partition coefficient (Wildman–Crippen LogP) is 4.25. The van der Waals surface area contributed by atoms with Crippen LogP contribution in [0.2, 0.25) is 20.1 Å². The Morgan fingerprint density at radius 1 is 0.897 bits per heavy atom. The third kappa shape index (κ3) is 5.55. The van der Waals surface area contributed by atoms with E-state index < -0.39 is 10.0 Å². The molecule has 156 valence electrons. The number of rotatable bonds is 5. The van der Waals surface area contributed by atoms with Gasteiger partial charge >= 0.3 is 0 Å². The number of hydrogen-bond acceptors (Lipinski definition) is 4. The Morgan fingerprint density at radius 3 is 2.21 bits per heavy atom. The summed E-state index contributed by atoms with van der Waals surface area (Å²) in [6.07, 6.45) is 0. The number of carbonyl (C=O) groups is 1. The van der Waals surface area contributed by atoms with Gasteiger partial charge in [-0.1, -0.05) is 46.4 Å². The lowest BCUT2D eigenvalue weighted by molar-refractivity contribution is -0.117. The lowest BCUT2D eigenvalue weighted by Crippen LogP contribution is -2.50. The molecule has 3 rings (SSSR count). The van der Waals surface area contributed by atoms with Crippen molar-refractivity contribution < 1.29 is 13.2 Å². The molecule has 2 aromatic carbocycles. The smallest absolute Gasteiger partial charge is 0.244 e. The largest absolute Gasteiger partial charge is 0.325 e. The molecule has 1 fully saturated rings. The molecular formula is C18H17Cl4N3O3S. The van der Waals surface area contributed by atoms with Crippen molar-refractivity contribution in [3.05, 3.63) is 56.5 Å². The first kappa shape index (κ1) is 22.6. The van der Waals surface area contributed by atoms with Crippen molar-refractivity contribution in [3.63, 3.8) is 0 Å². The van der Waals surface area contributed by atoms with Gasteiger partial charge < -0.3 is 5.32 Å². The molecule has 0 radical (unpaired) electrons. The number of hydrogen-bond donors (Lipinski definition) is 1. The second-order valence-corrected chi connectivity index (χ2v) is 10.00. The van der Waals surface area contributed by atoms with Crippen molar-refractivity contribution in [1.29, 1.82) is 0 Å². The first-order valence-electron chi connectivity index (χ1n) is 8.59. The van der Waals surface area contributed by atoms with Gasteiger partial charge in [-0.2, -0.15) is 4.31 Å². The van der Waals surface area contributed by atoms with Crippen LogP contribution in [0, 0.1) is 0 Å². The van der Waals surface area contributed by atoms with Gasteiger partial charge in [-0.3, -0.25) is 9.69 Å². The molecule has 2 aromatic rings. The van der Waals surface area contributed by atoms with E-state index in [9.17, 15) is 13.2 Å². The fraction of sp³-hybridized carbons (Fsp3) is 0.278. The Morgan fingerprint density at radius 2 is 1.55 bits per heavy atom. The molecule has 1 amide bonds. The van der Waals surface area contributed by atoms with Crippen LogP contribution >= 0.6 is 46.4 Å². The summed E-state index contributed by atoms with van der Waals surface area (Å²) in [5.41, 5.74) is 0.543. The highest BCUT2D eigenvalue weighted by molar-refractivity contribution is 7.89. The number of nitrogens with zero attached hydrogens (tertiary/aromatic N) is 2. The molecule has 0 saturated carbocycles.